The minimum absolute atomic E-state index is 0.0136. The second-order valence-corrected chi connectivity index (χ2v) is 7.27. The van der Waals surface area contributed by atoms with Crippen LogP contribution in [0.25, 0.3) is 0 Å². The van der Waals surface area contributed by atoms with Crippen molar-refractivity contribution in [3.63, 3.8) is 0 Å². The van der Waals surface area contributed by atoms with E-state index in [1.165, 1.54) is 17.0 Å². The van der Waals surface area contributed by atoms with Crippen molar-refractivity contribution >= 4 is 17.2 Å². The lowest BCUT2D eigenvalue weighted by atomic mass is 9.92. The Kier molecular flexibility index (Phi) is 4.90. The summed E-state index contributed by atoms with van der Waals surface area (Å²) in [7, 11) is 0. The molecule has 3 aromatic rings. The molecule has 27 heavy (non-hydrogen) atoms. The summed E-state index contributed by atoms with van der Waals surface area (Å²) in [4.78, 5) is 16.3. The topological polar surface area (TPSA) is 29.5 Å². The molecule has 0 spiro atoms. The molecule has 2 aromatic carbocycles. The molecule has 4 rings (SSSR count). The van der Waals surface area contributed by atoms with Gasteiger partial charge in [-0.1, -0.05) is 36.4 Å². The summed E-state index contributed by atoms with van der Waals surface area (Å²) < 4.78 is 29.5. The molecule has 0 N–H and O–H groups in total. The molecule has 0 bridgehead atoms. The van der Waals surface area contributed by atoms with Crippen molar-refractivity contribution < 1.29 is 18.3 Å². The largest absolute Gasteiger partial charge is 0.435 e. The number of alkyl halides is 2. The number of carbonyl (C=O) groups excluding carboxylic acids is 1. The molecule has 1 atom stereocenters. The quantitative estimate of drug-likeness (QED) is 0.623. The minimum Gasteiger partial charge on any atom is -0.435 e. The monoisotopic (exact) mass is 385 g/mol. The van der Waals surface area contributed by atoms with Gasteiger partial charge < -0.3 is 9.64 Å². The van der Waals surface area contributed by atoms with E-state index < -0.39 is 6.61 Å². The second kappa shape index (κ2) is 7.48. The highest BCUT2D eigenvalue weighted by atomic mass is 32.1. The highest BCUT2D eigenvalue weighted by Crippen LogP contribution is 2.38. The normalized spacial score (nSPS) is 16.3. The van der Waals surface area contributed by atoms with Gasteiger partial charge in [-0.15, -0.1) is 11.3 Å². The Morgan fingerprint density at radius 2 is 1.93 bits per heavy atom. The van der Waals surface area contributed by atoms with E-state index in [0.717, 1.165) is 17.5 Å². The lowest BCUT2D eigenvalue weighted by molar-refractivity contribution is -0.0499. The molecule has 0 aliphatic carbocycles. The van der Waals surface area contributed by atoms with Gasteiger partial charge in [0.05, 0.1) is 6.04 Å². The summed E-state index contributed by atoms with van der Waals surface area (Å²) in [5, 5.41) is 2.05. The number of hydrogen-bond acceptors (Lipinski definition) is 3. The maximum Gasteiger partial charge on any atom is 0.387 e. The minimum atomic E-state index is -2.92. The van der Waals surface area contributed by atoms with Crippen LogP contribution in [-0.2, 0) is 6.42 Å². The highest BCUT2D eigenvalue weighted by Gasteiger charge is 2.33. The lowest BCUT2D eigenvalue weighted by Crippen LogP contribution is -2.40. The number of carbonyl (C=O) groups is 1. The number of rotatable bonds is 4. The Bertz CT molecular complexity index is 942. The summed E-state index contributed by atoms with van der Waals surface area (Å²) in [6.07, 6.45) is 0.787. The highest BCUT2D eigenvalue weighted by molar-refractivity contribution is 7.10. The van der Waals surface area contributed by atoms with Gasteiger partial charge in [0.25, 0.3) is 5.91 Å². The van der Waals surface area contributed by atoms with Crippen LogP contribution >= 0.6 is 11.3 Å². The van der Waals surface area contributed by atoms with Crippen LogP contribution in [0.2, 0.25) is 0 Å². The van der Waals surface area contributed by atoms with Crippen LogP contribution in [0.15, 0.2) is 66.0 Å². The maximum absolute atomic E-state index is 13.2. The number of fused-ring (bicyclic) bond motifs is 1. The van der Waals surface area contributed by atoms with Gasteiger partial charge in [-0.2, -0.15) is 8.78 Å². The van der Waals surface area contributed by atoms with Crippen LogP contribution in [0.5, 0.6) is 5.75 Å². The number of thiophene rings is 1. The SMILES string of the molecule is O=C(c1cccc(OC(F)F)c1)N1CCc2sccc2[C@H]1c1ccccc1. The third-order valence-electron chi connectivity index (χ3n) is 4.65. The maximum atomic E-state index is 13.2. The molecule has 1 aliphatic rings. The third kappa shape index (κ3) is 3.57. The van der Waals surface area contributed by atoms with Crippen molar-refractivity contribution in [2.24, 2.45) is 0 Å². The van der Waals surface area contributed by atoms with Gasteiger partial charge in [-0.25, -0.2) is 0 Å². The average Bonchev–Trinajstić information content (AvgIpc) is 3.16. The summed E-state index contributed by atoms with van der Waals surface area (Å²) in [6, 6.07) is 17.7. The van der Waals surface area contributed by atoms with Crippen molar-refractivity contribution in [2.75, 3.05) is 6.54 Å². The Morgan fingerprint density at radius 1 is 1.11 bits per heavy atom. The molecule has 3 nitrogen and oxygen atoms in total. The summed E-state index contributed by atoms with van der Waals surface area (Å²) in [5.41, 5.74) is 2.50. The molecule has 1 amide bonds. The molecule has 0 fully saturated rings. The molecule has 1 aliphatic heterocycles. The van der Waals surface area contributed by atoms with Crippen molar-refractivity contribution in [1.82, 2.24) is 4.90 Å². The van der Waals surface area contributed by atoms with E-state index in [-0.39, 0.29) is 17.7 Å². The number of hydrogen-bond donors (Lipinski definition) is 0. The van der Waals surface area contributed by atoms with E-state index in [0.29, 0.717) is 12.1 Å². The Hall–Kier alpha value is -2.73. The molecule has 0 saturated carbocycles. The van der Waals surface area contributed by atoms with Gasteiger partial charge in [-0.3, -0.25) is 4.79 Å². The predicted molar refractivity (Wildman–Crippen MR) is 100 cm³/mol. The van der Waals surface area contributed by atoms with E-state index in [4.69, 9.17) is 0 Å². The second-order valence-electron chi connectivity index (χ2n) is 6.27. The molecule has 2 heterocycles. The van der Waals surface area contributed by atoms with Crippen molar-refractivity contribution in [1.29, 1.82) is 0 Å². The Morgan fingerprint density at radius 3 is 2.70 bits per heavy atom. The fourth-order valence-corrected chi connectivity index (χ4v) is 4.40. The first-order valence-corrected chi connectivity index (χ1v) is 9.48. The summed E-state index contributed by atoms with van der Waals surface area (Å²) >= 11 is 1.70. The first-order chi connectivity index (χ1) is 13.1. The number of benzene rings is 2. The van der Waals surface area contributed by atoms with Crippen LogP contribution in [0, 0.1) is 0 Å². The predicted octanol–water partition coefficient (Wildman–Crippen LogP) is 5.14. The van der Waals surface area contributed by atoms with Crippen LogP contribution in [0.1, 0.15) is 32.4 Å². The Labute approximate surface area is 159 Å². The number of halogens is 2. The van der Waals surface area contributed by atoms with Crippen molar-refractivity contribution in [3.05, 3.63) is 87.6 Å². The smallest absolute Gasteiger partial charge is 0.387 e. The van der Waals surface area contributed by atoms with Gasteiger partial charge in [0.1, 0.15) is 5.75 Å². The van der Waals surface area contributed by atoms with E-state index in [9.17, 15) is 13.6 Å². The fraction of sp³-hybridized carbons (Fsp3) is 0.190. The van der Waals surface area contributed by atoms with Gasteiger partial charge in [0.15, 0.2) is 0 Å². The average molecular weight is 385 g/mol. The number of ether oxygens (including phenoxy) is 1. The molecular weight excluding hydrogens is 368 g/mol. The van der Waals surface area contributed by atoms with Gasteiger partial charge >= 0.3 is 6.61 Å². The zero-order chi connectivity index (χ0) is 18.8. The third-order valence-corrected chi connectivity index (χ3v) is 5.64. The molecule has 1 aromatic heterocycles. The van der Waals surface area contributed by atoms with Gasteiger partial charge in [0.2, 0.25) is 0 Å². The Balaban J connectivity index is 1.70. The van der Waals surface area contributed by atoms with E-state index in [1.54, 1.807) is 23.5 Å². The van der Waals surface area contributed by atoms with E-state index >= 15 is 0 Å². The van der Waals surface area contributed by atoms with E-state index in [2.05, 4.69) is 10.8 Å². The van der Waals surface area contributed by atoms with Crippen molar-refractivity contribution in [3.8, 4) is 5.75 Å². The molecule has 0 saturated heterocycles. The number of amides is 1. The van der Waals surface area contributed by atoms with Gasteiger partial charge in [-0.05, 0) is 47.2 Å². The molecule has 0 unspecified atom stereocenters. The summed E-state index contributed by atoms with van der Waals surface area (Å²) in [5.74, 6) is -0.208. The van der Waals surface area contributed by atoms with Crippen LogP contribution < -0.4 is 4.74 Å². The zero-order valence-electron chi connectivity index (χ0n) is 14.3. The van der Waals surface area contributed by atoms with Crippen LogP contribution in [-0.4, -0.2) is 24.0 Å². The summed E-state index contributed by atoms with van der Waals surface area (Å²) in [6.45, 7) is -2.35. The van der Waals surface area contributed by atoms with Crippen LogP contribution in [0.4, 0.5) is 8.78 Å². The molecular formula is C21H17F2NO2S. The van der Waals surface area contributed by atoms with E-state index in [1.807, 2.05) is 40.6 Å². The van der Waals surface area contributed by atoms with Crippen molar-refractivity contribution in [2.45, 2.75) is 19.1 Å². The molecule has 138 valence electrons. The molecule has 6 heteroatoms. The lowest BCUT2D eigenvalue weighted by Gasteiger charge is -2.36. The first-order valence-electron chi connectivity index (χ1n) is 8.60. The first kappa shape index (κ1) is 17.7. The molecule has 0 radical (unpaired) electrons. The van der Waals surface area contributed by atoms with Gasteiger partial charge in [0, 0.05) is 17.0 Å². The standard InChI is InChI=1S/C21H17F2NO2S/c22-21(23)26-16-8-4-7-15(13-16)20(25)24-11-9-18-17(10-12-27-18)19(24)14-5-2-1-3-6-14/h1-8,10,12-13,19,21H,9,11H2/t19-/m1/s1. The zero-order valence-corrected chi connectivity index (χ0v) is 15.2. The van der Waals surface area contributed by atoms with Crippen LogP contribution in [0.3, 0.4) is 0 Å². The number of nitrogens with zero attached hydrogens (tertiary/aromatic N) is 1. The fourth-order valence-electron chi connectivity index (χ4n) is 3.50.